The minimum atomic E-state index is 0.0681. The number of morpholine rings is 1. The van der Waals surface area contributed by atoms with Gasteiger partial charge in [-0.2, -0.15) is 0 Å². The van der Waals surface area contributed by atoms with Gasteiger partial charge in [0.25, 0.3) is 5.91 Å². The van der Waals surface area contributed by atoms with Crippen LogP contribution < -0.4 is 4.90 Å². The van der Waals surface area contributed by atoms with Crippen molar-refractivity contribution in [3.05, 3.63) is 77.2 Å². The molecule has 2 aromatic carbocycles. The van der Waals surface area contributed by atoms with Gasteiger partial charge in [0.05, 0.1) is 30.2 Å². The van der Waals surface area contributed by atoms with Crippen LogP contribution >= 0.6 is 0 Å². The zero-order chi connectivity index (χ0) is 25.2. The molecule has 36 heavy (non-hydrogen) atoms. The molecule has 7 nitrogen and oxygen atoms in total. The number of benzene rings is 2. The molecule has 1 saturated heterocycles. The predicted octanol–water partition coefficient (Wildman–Crippen LogP) is 4.59. The first kappa shape index (κ1) is 24.1. The molecule has 0 bridgehead atoms. The number of hydrogen-bond acceptors (Lipinski definition) is 6. The fraction of sp³-hybridized carbons (Fsp3) is 0.379. The van der Waals surface area contributed by atoms with Crippen molar-refractivity contribution in [2.75, 3.05) is 31.1 Å². The summed E-state index contributed by atoms with van der Waals surface area (Å²) in [6.07, 6.45) is 1.95. The van der Waals surface area contributed by atoms with E-state index in [0.717, 1.165) is 47.0 Å². The van der Waals surface area contributed by atoms with Gasteiger partial charge >= 0.3 is 0 Å². The van der Waals surface area contributed by atoms with Gasteiger partial charge in [0.15, 0.2) is 0 Å². The molecule has 0 aliphatic carbocycles. The Balaban J connectivity index is 1.40. The molecule has 0 N–H and O–H groups in total. The van der Waals surface area contributed by atoms with Crippen molar-refractivity contribution in [3.63, 3.8) is 0 Å². The van der Waals surface area contributed by atoms with Gasteiger partial charge in [-0.1, -0.05) is 24.3 Å². The lowest BCUT2D eigenvalue weighted by atomic mass is 9.96. The molecule has 7 heteroatoms. The van der Waals surface area contributed by atoms with Crippen LogP contribution in [0.2, 0.25) is 0 Å². The van der Waals surface area contributed by atoms with Crippen LogP contribution in [0.25, 0.3) is 11.1 Å². The summed E-state index contributed by atoms with van der Waals surface area (Å²) in [5, 5.41) is 0. The summed E-state index contributed by atoms with van der Waals surface area (Å²) in [5.41, 5.74) is 6.90. The van der Waals surface area contributed by atoms with E-state index in [2.05, 4.69) is 46.9 Å². The highest BCUT2D eigenvalue weighted by Gasteiger charge is 2.25. The molecule has 0 saturated carbocycles. The molecule has 0 unspecified atom stereocenters. The Morgan fingerprint density at radius 3 is 2.36 bits per heavy atom. The van der Waals surface area contributed by atoms with Crippen LogP contribution in [0.5, 0.6) is 0 Å². The smallest absolute Gasteiger partial charge is 0.253 e. The molecule has 1 amide bonds. The zero-order valence-electron chi connectivity index (χ0n) is 21.4. The fourth-order valence-corrected chi connectivity index (χ4v) is 5.10. The van der Waals surface area contributed by atoms with Gasteiger partial charge in [-0.05, 0) is 62.6 Å². The maximum absolute atomic E-state index is 12.7. The van der Waals surface area contributed by atoms with E-state index in [1.165, 1.54) is 5.56 Å². The van der Waals surface area contributed by atoms with Gasteiger partial charge in [-0.25, -0.2) is 9.97 Å². The van der Waals surface area contributed by atoms with Crippen LogP contribution in [0.4, 0.5) is 5.82 Å². The molecule has 3 heterocycles. The first-order valence-corrected chi connectivity index (χ1v) is 12.8. The molecule has 2 aliphatic rings. The number of carbonyl (C=O) groups is 1. The van der Waals surface area contributed by atoms with Crippen molar-refractivity contribution in [2.45, 2.75) is 46.4 Å². The monoisotopic (exact) mass is 483 g/mol. The quantitative estimate of drug-likeness (QED) is 0.513. The number of nitrogens with zero attached hydrogens (tertiary/aromatic N) is 5. The summed E-state index contributed by atoms with van der Waals surface area (Å²) >= 11 is 0. The van der Waals surface area contributed by atoms with E-state index >= 15 is 0 Å². The Kier molecular flexibility index (Phi) is 6.83. The largest absolute Gasteiger partial charge is 0.372 e. The molecule has 3 aromatic rings. The molecule has 1 aromatic heterocycles. The molecule has 5 rings (SSSR count). The van der Waals surface area contributed by atoms with Crippen molar-refractivity contribution in [3.8, 4) is 11.1 Å². The van der Waals surface area contributed by atoms with E-state index in [-0.39, 0.29) is 18.1 Å². The van der Waals surface area contributed by atoms with E-state index in [1.807, 2.05) is 49.1 Å². The summed E-state index contributed by atoms with van der Waals surface area (Å²) < 4.78 is 5.88. The van der Waals surface area contributed by atoms with Gasteiger partial charge in [0.2, 0.25) is 0 Å². The lowest BCUT2D eigenvalue weighted by Crippen LogP contribution is -2.45. The summed E-state index contributed by atoms with van der Waals surface area (Å²) in [6.45, 7) is 11.9. The maximum atomic E-state index is 12.7. The Morgan fingerprint density at radius 1 is 0.972 bits per heavy atom. The highest BCUT2D eigenvalue weighted by molar-refractivity contribution is 6.14. The summed E-state index contributed by atoms with van der Waals surface area (Å²) in [5.74, 6) is 0.973. The number of aromatic nitrogens is 2. The number of aliphatic imine (C=N–C) groups is 1. The SMILES string of the molecule is CCN(CC)C(=O)c1ccc(-c2ccc3c(c2)C(c2cc(N4C[C@@H](C)O[C@@H](C)C4)ncn2)=NC3)cc1. The van der Waals surface area contributed by atoms with Crippen LogP contribution in [-0.2, 0) is 11.3 Å². The average molecular weight is 484 g/mol. The molecule has 2 aliphatic heterocycles. The Hall–Kier alpha value is -3.58. The Labute approximate surface area is 212 Å². The molecule has 0 spiro atoms. The van der Waals surface area contributed by atoms with E-state index < -0.39 is 0 Å². The number of carbonyl (C=O) groups excluding carboxylic acids is 1. The van der Waals surface area contributed by atoms with Crippen molar-refractivity contribution in [1.82, 2.24) is 14.9 Å². The van der Waals surface area contributed by atoms with E-state index in [1.54, 1.807) is 6.33 Å². The van der Waals surface area contributed by atoms with Gasteiger partial charge in [0, 0.05) is 43.4 Å². The van der Waals surface area contributed by atoms with E-state index in [9.17, 15) is 4.79 Å². The predicted molar refractivity (Wildman–Crippen MR) is 143 cm³/mol. The third-order valence-electron chi connectivity index (χ3n) is 6.93. The number of ether oxygens (including phenoxy) is 1. The number of anilines is 1. The second kappa shape index (κ2) is 10.2. The average Bonchev–Trinajstić information content (AvgIpc) is 3.32. The zero-order valence-corrected chi connectivity index (χ0v) is 21.4. The molecular formula is C29H33N5O2. The topological polar surface area (TPSA) is 70.9 Å². The molecular weight excluding hydrogens is 450 g/mol. The minimum absolute atomic E-state index is 0.0681. The minimum Gasteiger partial charge on any atom is -0.372 e. The molecule has 2 atom stereocenters. The van der Waals surface area contributed by atoms with Crippen LogP contribution in [0.3, 0.4) is 0 Å². The Bertz CT molecular complexity index is 1270. The molecule has 186 valence electrons. The standard InChI is InChI=1S/C29H33N5O2/c1-5-33(6-2)29(35)22-9-7-21(8-10-22)23-11-12-24-15-30-28(25(24)13-23)26-14-27(32-18-31-26)34-16-19(3)36-20(4)17-34/h7-14,18-20H,5-6,15-17H2,1-4H3/t19-,20+. The van der Waals surface area contributed by atoms with Gasteiger partial charge in [0.1, 0.15) is 12.1 Å². The normalized spacial score (nSPS) is 19.1. The number of hydrogen-bond donors (Lipinski definition) is 0. The van der Waals surface area contributed by atoms with Gasteiger partial charge in [-0.3, -0.25) is 9.79 Å². The number of amides is 1. The first-order valence-electron chi connectivity index (χ1n) is 12.8. The van der Waals surface area contributed by atoms with Gasteiger partial charge in [-0.15, -0.1) is 0 Å². The van der Waals surface area contributed by atoms with Crippen LogP contribution in [0, 0.1) is 0 Å². The van der Waals surface area contributed by atoms with Crippen LogP contribution in [0.15, 0.2) is 59.9 Å². The molecule has 1 fully saturated rings. The van der Waals surface area contributed by atoms with Crippen molar-refractivity contribution < 1.29 is 9.53 Å². The van der Waals surface area contributed by atoms with E-state index in [4.69, 9.17) is 9.73 Å². The summed E-state index contributed by atoms with van der Waals surface area (Å²) in [6, 6.07) is 16.4. The second-order valence-electron chi connectivity index (χ2n) is 9.52. The highest BCUT2D eigenvalue weighted by atomic mass is 16.5. The van der Waals surface area contributed by atoms with Crippen molar-refractivity contribution >= 4 is 17.4 Å². The lowest BCUT2D eigenvalue weighted by molar-refractivity contribution is -0.00547. The third-order valence-corrected chi connectivity index (χ3v) is 6.93. The molecule has 0 radical (unpaired) electrons. The van der Waals surface area contributed by atoms with Crippen LogP contribution in [0.1, 0.15) is 54.9 Å². The van der Waals surface area contributed by atoms with Crippen molar-refractivity contribution in [2.24, 2.45) is 4.99 Å². The fourth-order valence-electron chi connectivity index (χ4n) is 5.10. The number of rotatable bonds is 6. The van der Waals surface area contributed by atoms with Gasteiger partial charge < -0.3 is 14.5 Å². The lowest BCUT2D eigenvalue weighted by Gasteiger charge is -2.36. The summed E-state index contributed by atoms with van der Waals surface area (Å²) in [4.78, 5) is 30.7. The first-order chi connectivity index (χ1) is 17.5. The highest BCUT2D eigenvalue weighted by Crippen LogP contribution is 2.29. The van der Waals surface area contributed by atoms with E-state index in [0.29, 0.717) is 25.2 Å². The van der Waals surface area contributed by atoms with Crippen LogP contribution in [-0.4, -0.2) is 64.9 Å². The van der Waals surface area contributed by atoms with Crippen molar-refractivity contribution in [1.29, 1.82) is 0 Å². The number of fused-ring (bicyclic) bond motifs is 1. The Morgan fingerprint density at radius 2 is 1.67 bits per heavy atom. The third kappa shape index (κ3) is 4.75. The maximum Gasteiger partial charge on any atom is 0.253 e. The summed E-state index contributed by atoms with van der Waals surface area (Å²) in [7, 11) is 0. The second-order valence-corrected chi connectivity index (χ2v) is 9.52.